The Balaban J connectivity index is 2.11. The number of ether oxygens (including phenoxy) is 1. The molecule has 0 fully saturated rings. The minimum Gasteiger partial charge on any atom is -0.502 e. The number of aromatic nitrogens is 1. The molecule has 0 saturated heterocycles. The van der Waals surface area contributed by atoms with Crippen molar-refractivity contribution in [3.63, 3.8) is 0 Å². The number of anilines is 1. The van der Waals surface area contributed by atoms with Crippen LogP contribution in [0.5, 0.6) is 5.75 Å². The number of aromatic hydroxyl groups is 1. The minimum absolute atomic E-state index is 0.0519. The van der Waals surface area contributed by atoms with Crippen LogP contribution in [0.2, 0.25) is 5.02 Å². The summed E-state index contributed by atoms with van der Waals surface area (Å²) in [5.74, 6) is -0.899. The molecule has 2 rings (SSSR count). The maximum atomic E-state index is 11.4. The highest BCUT2D eigenvalue weighted by Crippen LogP contribution is 2.36. The van der Waals surface area contributed by atoms with Crippen molar-refractivity contribution in [1.82, 2.24) is 4.98 Å². The number of hydrazone groups is 1. The van der Waals surface area contributed by atoms with Gasteiger partial charge in [0.05, 0.1) is 34.9 Å². The standard InChI is InChI=1S/C15H15ClN4O5S/c1-3-25-12(21)5-10-7-26-15(18-10)19-17-6-9-4-11(16)8(2)13(14(9)22)20(23)24/h4,6-7,22H,3,5H2,1-2H3,(H,18,19). The van der Waals surface area contributed by atoms with Crippen LogP contribution in [-0.4, -0.2) is 33.8 Å². The van der Waals surface area contributed by atoms with E-state index >= 15 is 0 Å². The van der Waals surface area contributed by atoms with E-state index in [2.05, 4.69) is 15.5 Å². The second-order valence-electron chi connectivity index (χ2n) is 5.02. The molecule has 26 heavy (non-hydrogen) atoms. The lowest BCUT2D eigenvalue weighted by Gasteiger charge is -2.05. The number of nitro groups is 1. The number of hydrogen-bond acceptors (Lipinski definition) is 9. The van der Waals surface area contributed by atoms with Crippen LogP contribution in [0.25, 0.3) is 0 Å². The first-order valence-corrected chi connectivity index (χ1v) is 8.64. The van der Waals surface area contributed by atoms with Crippen molar-refractivity contribution in [1.29, 1.82) is 0 Å². The molecule has 1 aromatic carbocycles. The normalized spacial score (nSPS) is 10.9. The van der Waals surface area contributed by atoms with Crippen LogP contribution in [0.15, 0.2) is 16.5 Å². The number of carbonyl (C=O) groups excluding carboxylic acids is 1. The number of phenols is 1. The van der Waals surface area contributed by atoms with E-state index in [0.29, 0.717) is 17.4 Å². The molecule has 0 radical (unpaired) electrons. The quantitative estimate of drug-likeness (QED) is 0.317. The first kappa shape index (κ1) is 19.6. The van der Waals surface area contributed by atoms with Gasteiger partial charge < -0.3 is 9.84 Å². The van der Waals surface area contributed by atoms with Gasteiger partial charge in [-0.15, -0.1) is 11.3 Å². The van der Waals surface area contributed by atoms with Gasteiger partial charge in [0, 0.05) is 16.5 Å². The third kappa shape index (κ3) is 4.67. The van der Waals surface area contributed by atoms with E-state index in [1.807, 2.05) is 0 Å². The van der Waals surface area contributed by atoms with Crippen LogP contribution in [-0.2, 0) is 16.0 Å². The predicted molar refractivity (Wildman–Crippen MR) is 98.2 cm³/mol. The number of benzene rings is 1. The van der Waals surface area contributed by atoms with E-state index in [4.69, 9.17) is 16.3 Å². The van der Waals surface area contributed by atoms with Crippen molar-refractivity contribution in [2.45, 2.75) is 20.3 Å². The number of nitro benzene ring substituents is 1. The average Bonchev–Trinajstić information content (AvgIpc) is 2.99. The van der Waals surface area contributed by atoms with E-state index < -0.39 is 16.4 Å². The van der Waals surface area contributed by atoms with Crippen LogP contribution >= 0.6 is 22.9 Å². The monoisotopic (exact) mass is 398 g/mol. The highest BCUT2D eigenvalue weighted by atomic mass is 35.5. The van der Waals surface area contributed by atoms with Gasteiger partial charge in [-0.3, -0.25) is 20.3 Å². The molecule has 1 aromatic heterocycles. The Bertz CT molecular complexity index is 868. The molecule has 0 aliphatic rings. The molecule has 1 heterocycles. The van der Waals surface area contributed by atoms with E-state index in [9.17, 15) is 20.0 Å². The molecule has 0 bridgehead atoms. The van der Waals surface area contributed by atoms with Crippen molar-refractivity contribution < 1.29 is 19.6 Å². The molecular formula is C15H15ClN4O5S. The molecule has 11 heteroatoms. The lowest BCUT2D eigenvalue weighted by atomic mass is 10.1. The summed E-state index contributed by atoms with van der Waals surface area (Å²) in [7, 11) is 0. The number of halogens is 1. The van der Waals surface area contributed by atoms with E-state index in [1.165, 1.54) is 30.5 Å². The van der Waals surface area contributed by atoms with Crippen LogP contribution in [0.3, 0.4) is 0 Å². The average molecular weight is 399 g/mol. The molecule has 2 N–H and O–H groups in total. The van der Waals surface area contributed by atoms with Gasteiger partial charge in [-0.25, -0.2) is 4.98 Å². The fourth-order valence-electron chi connectivity index (χ4n) is 2.02. The Morgan fingerprint density at radius 1 is 1.62 bits per heavy atom. The smallest absolute Gasteiger partial charge is 0.315 e. The lowest BCUT2D eigenvalue weighted by molar-refractivity contribution is -0.386. The number of esters is 1. The molecular weight excluding hydrogens is 384 g/mol. The van der Waals surface area contributed by atoms with Gasteiger partial charge in [0.2, 0.25) is 10.9 Å². The van der Waals surface area contributed by atoms with Gasteiger partial charge in [-0.05, 0) is 19.9 Å². The van der Waals surface area contributed by atoms with Crippen LogP contribution < -0.4 is 5.43 Å². The Morgan fingerprint density at radius 2 is 2.35 bits per heavy atom. The van der Waals surface area contributed by atoms with Gasteiger partial charge in [-0.1, -0.05) is 11.6 Å². The lowest BCUT2D eigenvalue weighted by Crippen LogP contribution is -2.07. The fourth-order valence-corrected chi connectivity index (χ4v) is 2.88. The second-order valence-corrected chi connectivity index (χ2v) is 6.29. The third-order valence-corrected chi connectivity index (χ3v) is 4.41. The summed E-state index contributed by atoms with van der Waals surface area (Å²) < 4.78 is 4.84. The summed E-state index contributed by atoms with van der Waals surface area (Å²) in [6.45, 7) is 3.46. The Morgan fingerprint density at radius 3 is 3.00 bits per heavy atom. The van der Waals surface area contributed by atoms with E-state index in [1.54, 1.807) is 12.3 Å². The number of hydrogen-bond donors (Lipinski definition) is 2. The zero-order chi connectivity index (χ0) is 19.3. The molecule has 138 valence electrons. The Labute approximate surface area is 157 Å². The summed E-state index contributed by atoms with van der Waals surface area (Å²) in [6, 6.07) is 1.37. The largest absolute Gasteiger partial charge is 0.502 e. The summed E-state index contributed by atoms with van der Waals surface area (Å²) >= 11 is 7.18. The summed E-state index contributed by atoms with van der Waals surface area (Å²) in [4.78, 5) is 25.9. The number of carbonyl (C=O) groups is 1. The maximum Gasteiger partial charge on any atom is 0.315 e. The molecule has 0 aliphatic heterocycles. The van der Waals surface area contributed by atoms with Gasteiger partial charge in [0.25, 0.3) is 0 Å². The number of thiazole rings is 1. The van der Waals surface area contributed by atoms with Crippen LogP contribution in [0.4, 0.5) is 10.8 Å². The van der Waals surface area contributed by atoms with Gasteiger partial charge in [0.15, 0.2) is 0 Å². The summed E-state index contributed by atoms with van der Waals surface area (Å²) in [6.07, 6.45) is 1.25. The minimum atomic E-state index is -0.705. The molecule has 0 saturated carbocycles. The fraction of sp³-hybridized carbons (Fsp3) is 0.267. The van der Waals surface area contributed by atoms with Gasteiger partial charge in [0.1, 0.15) is 0 Å². The summed E-state index contributed by atoms with van der Waals surface area (Å²) in [5, 5.41) is 27.2. The summed E-state index contributed by atoms with van der Waals surface area (Å²) in [5.41, 5.74) is 2.95. The first-order chi connectivity index (χ1) is 12.3. The molecule has 0 unspecified atom stereocenters. The molecule has 9 nitrogen and oxygen atoms in total. The highest BCUT2D eigenvalue weighted by Gasteiger charge is 2.22. The number of nitrogens with zero attached hydrogens (tertiary/aromatic N) is 3. The van der Waals surface area contributed by atoms with Crippen molar-refractivity contribution in [2.75, 3.05) is 12.0 Å². The zero-order valence-corrected chi connectivity index (χ0v) is 15.4. The Hall–Kier alpha value is -2.72. The SMILES string of the molecule is CCOC(=O)Cc1csc(NN=Cc2cc(Cl)c(C)c([N+](=O)[O-])c2O)n1. The van der Waals surface area contributed by atoms with Crippen molar-refractivity contribution in [3.05, 3.63) is 43.4 Å². The number of nitrogens with one attached hydrogen (secondary N) is 1. The van der Waals surface area contributed by atoms with Crippen LogP contribution in [0, 0.1) is 17.0 Å². The molecule has 0 aliphatic carbocycles. The van der Waals surface area contributed by atoms with Gasteiger partial charge >= 0.3 is 11.7 Å². The maximum absolute atomic E-state index is 11.4. The second kappa shape index (κ2) is 8.59. The zero-order valence-electron chi connectivity index (χ0n) is 13.9. The third-order valence-electron chi connectivity index (χ3n) is 3.22. The van der Waals surface area contributed by atoms with Crippen molar-refractivity contribution in [2.24, 2.45) is 5.10 Å². The number of rotatable bonds is 7. The molecule has 0 spiro atoms. The van der Waals surface area contributed by atoms with Crippen molar-refractivity contribution in [3.8, 4) is 5.75 Å². The van der Waals surface area contributed by atoms with E-state index in [0.717, 1.165) is 0 Å². The van der Waals surface area contributed by atoms with Crippen molar-refractivity contribution >= 4 is 45.9 Å². The van der Waals surface area contributed by atoms with Crippen LogP contribution in [0.1, 0.15) is 23.7 Å². The first-order valence-electron chi connectivity index (χ1n) is 7.39. The van der Waals surface area contributed by atoms with Gasteiger partial charge in [-0.2, -0.15) is 5.10 Å². The molecule has 2 aromatic rings. The Kier molecular flexibility index (Phi) is 6.47. The predicted octanol–water partition coefficient (Wildman–Crippen LogP) is 3.27. The number of phenolic OH excluding ortho intramolecular Hbond substituents is 1. The highest BCUT2D eigenvalue weighted by molar-refractivity contribution is 7.13. The molecule has 0 atom stereocenters. The van der Waals surface area contributed by atoms with E-state index in [-0.39, 0.29) is 28.5 Å². The topological polar surface area (TPSA) is 127 Å². The molecule has 0 amide bonds.